The van der Waals surface area contributed by atoms with Crippen LogP contribution in [0.3, 0.4) is 0 Å². The van der Waals surface area contributed by atoms with E-state index in [4.69, 9.17) is 21.1 Å². The Hall–Kier alpha value is -5.51. The first-order valence-corrected chi connectivity index (χ1v) is 11.7. The van der Waals surface area contributed by atoms with Crippen LogP contribution in [-0.4, -0.2) is 34.8 Å². The molecule has 0 saturated carbocycles. The van der Waals surface area contributed by atoms with E-state index in [1.807, 2.05) is 5.32 Å². The van der Waals surface area contributed by atoms with Gasteiger partial charge in [-0.25, -0.2) is 9.69 Å². The molecule has 0 spiro atoms. The maximum Gasteiger partial charge on any atom is 0.416 e. The van der Waals surface area contributed by atoms with Gasteiger partial charge in [-0.05, 0) is 48.0 Å². The molecular formula is C25H14ClF3N4O9. The number of halogens is 4. The van der Waals surface area contributed by atoms with E-state index in [2.05, 4.69) is 0 Å². The number of imide groups is 2. The summed E-state index contributed by atoms with van der Waals surface area (Å²) in [7, 11) is 1.16. The number of hydrogen-bond donors (Lipinski definition) is 1. The fourth-order valence-electron chi connectivity index (χ4n) is 3.74. The Balaban J connectivity index is 1.70. The van der Waals surface area contributed by atoms with E-state index >= 15 is 0 Å². The summed E-state index contributed by atoms with van der Waals surface area (Å²) in [6.45, 7) is 0. The van der Waals surface area contributed by atoms with Crippen LogP contribution in [-0.2, 0) is 15.8 Å². The van der Waals surface area contributed by atoms with Gasteiger partial charge in [-0.1, -0.05) is 11.6 Å². The molecule has 0 radical (unpaired) electrons. The molecule has 216 valence electrons. The zero-order valence-corrected chi connectivity index (χ0v) is 21.6. The number of nitro benzene ring substituents is 2. The second kappa shape index (κ2) is 11.2. The number of alkyl halides is 3. The fourth-order valence-corrected chi connectivity index (χ4v) is 3.99. The molecule has 0 atom stereocenters. The molecule has 1 aliphatic rings. The molecule has 1 saturated heterocycles. The van der Waals surface area contributed by atoms with Crippen molar-refractivity contribution in [3.8, 4) is 17.2 Å². The van der Waals surface area contributed by atoms with E-state index in [9.17, 15) is 47.8 Å². The minimum atomic E-state index is -4.85. The molecule has 1 fully saturated rings. The molecule has 0 aromatic heterocycles. The number of barbiturate groups is 1. The highest BCUT2D eigenvalue weighted by atomic mass is 35.5. The Morgan fingerprint density at radius 3 is 2.19 bits per heavy atom. The Labute approximate surface area is 237 Å². The van der Waals surface area contributed by atoms with Crippen molar-refractivity contribution in [2.24, 2.45) is 0 Å². The molecule has 0 aliphatic carbocycles. The van der Waals surface area contributed by atoms with Crippen molar-refractivity contribution in [2.45, 2.75) is 6.18 Å². The van der Waals surface area contributed by atoms with Crippen LogP contribution < -0.4 is 19.7 Å². The van der Waals surface area contributed by atoms with Gasteiger partial charge in [0.2, 0.25) is 5.75 Å². The van der Waals surface area contributed by atoms with Crippen molar-refractivity contribution >= 4 is 52.6 Å². The van der Waals surface area contributed by atoms with Crippen LogP contribution in [0.25, 0.3) is 6.08 Å². The van der Waals surface area contributed by atoms with Gasteiger partial charge in [0.1, 0.15) is 5.57 Å². The molecule has 4 amide bonds. The quantitative estimate of drug-likeness (QED) is 0.154. The summed E-state index contributed by atoms with van der Waals surface area (Å²) < 4.78 is 49.8. The molecule has 3 aromatic carbocycles. The van der Waals surface area contributed by atoms with Crippen molar-refractivity contribution in [3.05, 3.63) is 96.5 Å². The predicted molar refractivity (Wildman–Crippen MR) is 138 cm³/mol. The molecule has 0 bridgehead atoms. The molecule has 42 heavy (non-hydrogen) atoms. The number of methoxy groups -OCH3 is 1. The van der Waals surface area contributed by atoms with E-state index in [0.717, 1.165) is 49.6 Å². The fraction of sp³-hybridized carbons (Fsp3) is 0.0800. The molecule has 1 N–H and O–H groups in total. The van der Waals surface area contributed by atoms with Crippen molar-refractivity contribution in [2.75, 3.05) is 12.0 Å². The first kappa shape index (κ1) is 29.5. The lowest BCUT2D eigenvalue weighted by Gasteiger charge is -2.26. The third-order valence-corrected chi connectivity index (χ3v) is 5.96. The molecule has 0 unspecified atom stereocenters. The number of nitro groups is 2. The van der Waals surface area contributed by atoms with E-state index in [0.29, 0.717) is 17.0 Å². The summed E-state index contributed by atoms with van der Waals surface area (Å²) in [5, 5.41) is 24.0. The SMILES string of the molecule is COc1cc(/C=C2\C(=O)NC(=O)N(c3ccc([N+](=O)[O-])cc3)C2=O)cc(Cl)c1Oc1ccc(C(F)(F)F)cc1[N+](=O)[O-]. The lowest BCUT2D eigenvalue weighted by molar-refractivity contribution is -0.385. The number of nitrogens with zero attached hydrogens (tertiary/aromatic N) is 3. The molecule has 3 aromatic rings. The second-order valence-electron chi connectivity index (χ2n) is 8.30. The average Bonchev–Trinajstić information content (AvgIpc) is 2.91. The number of non-ortho nitro benzene ring substituents is 1. The first-order valence-electron chi connectivity index (χ1n) is 11.3. The summed E-state index contributed by atoms with van der Waals surface area (Å²) in [5.41, 5.74) is -3.14. The number of urea groups is 1. The average molecular weight is 607 g/mol. The number of carbonyl (C=O) groups excluding carboxylic acids is 3. The summed E-state index contributed by atoms with van der Waals surface area (Å²) in [5.74, 6) is -3.24. The Morgan fingerprint density at radius 1 is 0.952 bits per heavy atom. The topological polar surface area (TPSA) is 171 Å². The lowest BCUT2D eigenvalue weighted by atomic mass is 10.1. The number of anilines is 1. The van der Waals surface area contributed by atoms with E-state index in [-0.39, 0.29) is 33.5 Å². The number of amides is 4. The van der Waals surface area contributed by atoms with Gasteiger partial charge in [-0.3, -0.25) is 35.1 Å². The summed E-state index contributed by atoms with van der Waals surface area (Å²) in [4.78, 5) is 59.2. The number of carbonyl (C=O) groups is 3. The van der Waals surface area contributed by atoms with Crippen LogP contribution in [0.15, 0.2) is 60.2 Å². The van der Waals surface area contributed by atoms with Gasteiger partial charge < -0.3 is 9.47 Å². The van der Waals surface area contributed by atoms with Gasteiger partial charge in [0, 0.05) is 18.2 Å². The summed E-state index contributed by atoms with van der Waals surface area (Å²) in [6, 6.07) is 7.25. The monoisotopic (exact) mass is 606 g/mol. The Kier molecular flexibility index (Phi) is 7.84. The lowest BCUT2D eigenvalue weighted by Crippen LogP contribution is -2.54. The van der Waals surface area contributed by atoms with Crippen LogP contribution >= 0.6 is 11.6 Å². The third kappa shape index (κ3) is 5.83. The number of nitrogens with one attached hydrogen (secondary N) is 1. The van der Waals surface area contributed by atoms with Crippen molar-refractivity contribution in [3.63, 3.8) is 0 Å². The smallest absolute Gasteiger partial charge is 0.416 e. The van der Waals surface area contributed by atoms with Crippen LogP contribution in [0.1, 0.15) is 11.1 Å². The molecule has 17 heteroatoms. The highest BCUT2D eigenvalue weighted by Crippen LogP contribution is 2.44. The van der Waals surface area contributed by atoms with Gasteiger partial charge in [-0.2, -0.15) is 13.2 Å². The third-order valence-electron chi connectivity index (χ3n) is 5.68. The van der Waals surface area contributed by atoms with Crippen molar-refractivity contribution < 1.29 is 46.9 Å². The number of benzene rings is 3. The predicted octanol–water partition coefficient (Wildman–Crippen LogP) is 5.64. The normalized spacial score (nSPS) is 14.5. The van der Waals surface area contributed by atoms with Crippen LogP contribution in [0, 0.1) is 20.2 Å². The molecule has 1 aliphatic heterocycles. The highest BCUT2D eigenvalue weighted by molar-refractivity contribution is 6.39. The molecule has 4 rings (SSSR count). The van der Waals surface area contributed by atoms with Gasteiger partial charge in [0.25, 0.3) is 17.5 Å². The van der Waals surface area contributed by atoms with Gasteiger partial charge >= 0.3 is 17.9 Å². The molecule has 13 nitrogen and oxygen atoms in total. The van der Waals surface area contributed by atoms with Crippen molar-refractivity contribution in [1.29, 1.82) is 0 Å². The second-order valence-corrected chi connectivity index (χ2v) is 8.71. The highest BCUT2D eigenvalue weighted by Gasteiger charge is 2.37. The minimum absolute atomic E-state index is 0.0580. The Morgan fingerprint density at radius 2 is 1.62 bits per heavy atom. The molecule has 1 heterocycles. The maximum absolute atomic E-state index is 13.1. The van der Waals surface area contributed by atoms with Crippen LogP contribution in [0.2, 0.25) is 5.02 Å². The minimum Gasteiger partial charge on any atom is -0.493 e. The van der Waals surface area contributed by atoms with Gasteiger partial charge in [0.05, 0.1) is 33.2 Å². The zero-order valence-electron chi connectivity index (χ0n) is 20.8. The van der Waals surface area contributed by atoms with E-state index in [1.165, 1.54) is 6.07 Å². The standard InChI is InChI=1S/C25H14ClF3N4O9/c1-41-20-10-12(9-17(26)21(20)42-19-7-2-13(25(27,28)29)11-18(19)33(39)40)8-16-22(34)30-24(36)31(23(16)35)14-3-5-15(6-4-14)32(37)38/h2-11H,1H3,(H,30,34,36)/b16-8+. The number of rotatable bonds is 7. The van der Waals surface area contributed by atoms with Gasteiger partial charge in [0.15, 0.2) is 11.5 Å². The summed E-state index contributed by atoms with van der Waals surface area (Å²) >= 11 is 6.29. The maximum atomic E-state index is 13.1. The molecular weight excluding hydrogens is 593 g/mol. The van der Waals surface area contributed by atoms with Crippen molar-refractivity contribution in [1.82, 2.24) is 5.32 Å². The Bertz CT molecular complexity index is 1690. The zero-order chi connectivity index (χ0) is 30.9. The van der Waals surface area contributed by atoms with E-state index < -0.39 is 56.4 Å². The largest absolute Gasteiger partial charge is 0.493 e. The number of hydrogen-bond acceptors (Lipinski definition) is 9. The summed E-state index contributed by atoms with van der Waals surface area (Å²) in [6.07, 6.45) is -3.81. The van der Waals surface area contributed by atoms with Gasteiger partial charge in [-0.15, -0.1) is 0 Å². The van der Waals surface area contributed by atoms with E-state index in [1.54, 1.807) is 0 Å². The number of ether oxygens (including phenoxy) is 2. The van der Waals surface area contributed by atoms with Crippen LogP contribution in [0.4, 0.5) is 35.0 Å². The van der Waals surface area contributed by atoms with Crippen LogP contribution in [0.5, 0.6) is 17.2 Å². The first-order chi connectivity index (χ1) is 19.7.